The molecule has 3 aliphatic rings. The van der Waals surface area contributed by atoms with Crippen molar-refractivity contribution >= 4 is 17.7 Å². The number of benzene rings is 1. The van der Waals surface area contributed by atoms with Gasteiger partial charge in [0, 0.05) is 23.1 Å². The summed E-state index contributed by atoms with van der Waals surface area (Å²) in [5.74, 6) is 0.0638. The van der Waals surface area contributed by atoms with Crippen LogP contribution in [0, 0.1) is 12.3 Å². The highest BCUT2D eigenvalue weighted by molar-refractivity contribution is 8.00. The summed E-state index contributed by atoms with van der Waals surface area (Å²) < 4.78 is 5.78. The SMILES string of the molecule is Cc1cccc(SC2CCN(CC3CC4(CCNCC4)C(=O)O3)CC2)c1. The van der Waals surface area contributed by atoms with Gasteiger partial charge in [-0.2, -0.15) is 0 Å². The fraction of sp³-hybridized carbons (Fsp3) is 0.667. The lowest BCUT2D eigenvalue weighted by molar-refractivity contribution is -0.150. The van der Waals surface area contributed by atoms with E-state index < -0.39 is 0 Å². The molecule has 1 atom stereocenters. The molecule has 4 rings (SSSR count). The van der Waals surface area contributed by atoms with Crippen LogP contribution in [-0.2, 0) is 9.53 Å². The number of ether oxygens (including phenoxy) is 1. The number of piperidine rings is 2. The third kappa shape index (κ3) is 4.10. The molecule has 1 spiro atoms. The van der Waals surface area contributed by atoms with Crippen LogP contribution in [0.25, 0.3) is 0 Å². The summed E-state index contributed by atoms with van der Waals surface area (Å²) in [6, 6.07) is 8.82. The van der Waals surface area contributed by atoms with E-state index in [2.05, 4.69) is 41.4 Å². The molecule has 0 bridgehead atoms. The van der Waals surface area contributed by atoms with E-state index in [0.29, 0.717) is 5.25 Å². The van der Waals surface area contributed by atoms with Crippen LogP contribution in [0.1, 0.15) is 37.7 Å². The molecule has 0 aromatic heterocycles. The Morgan fingerprint density at radius 1 is 1.27 bits per heavy atom. The Balaban J connectivity index is 1.25. The number of esters is 1. The Kier molecular flexibility index (Phi) is 5.58. The van der Waals surface area contributed by atoms with Crippen molar-refractivity contribution in [2.24, 2.45) is 5.41 Å². The monoisotopic (exact) mass is 374 g/mol. The number of nitrogens with one attached hydrogen (secondary N) is 1. The van der Waals surface area contributed by atoms with Crippen molar-refractivity contribution in [2.45, 2.75) is 55.3 Å². The molecule has 3 fully saturated rings. The second-order valence-corrected chi connectivity index (χ2v) is 9.57. The maximum Gasteiger partial charge on any atom is 0.312 e. The normalized spacial score (nSPS) is 27.0. The first-order valence-electron chi connectivity index (χ1n) is 10.0. The Hall–Kier alpha value is -1.04. The van der Waals surface area contributed by atoms with Crippen LogP contribution >= 0.6 is 11.8 Å². The zero-order valence-corrected chi connectivity index (χ0v) is 16.5. The summed E-state index contributed by atoms with van der Waals surface area (Å²) >= 11 is 2.02. The van der Waals surface area contributed by atoms with Gasteiger partial charge in [0.15, 0.2) is 0 Å². The number of rotatable bonds is 4. The van der Waals surface area contributed by atoms with E-state index >= 15 is 0 Å². The van der Waals surface area contributed by atoms with Crippen molar-refractivity contribution in [1.82, 2.24) is 10.2 Å². The molecule has 1 unspecified atom stereocenters. The molecule has 3 aliphatic heterocycles. The average Bonchev–Trinajstić information content (AvgIpc) is 2.92. The summed E-state index contributed by atoms with van der Waals surface area (Å²) in [6.07, 6.45) is 5.34. The lowest BCUT2D eigenvalue weighted by atomic mass is 9.76. The maximum atomic E-state index is 12.4. The van der Waals surface area contributed by atoms with E-state index in [0.717, 1.165) is 52.0 Å². The van der Waals surface area contributed by atoms with Crippen LogP contribution in [0.5, 0.6) is 0 Å². The molecule has 1 aromatic rings. The zero-order valence-electron chi connectivity index (χ0n) is 15.7. The minimum absolute atomic E-state index is 0.0638. The number of likely N-dealkylation sites (tertiary alicyclic amines) is 1. The van der Waals surface area contributed by atoms with Gasteiger partial charge in [0.25, 0.3) is 0 Å². The fourth-order valence-corrected chi connectivity index (χ4v) is 5.87. The first kappa shape index (κ1) is 18.3. The molecular weight excluding hydrogens is 344 g/mol. The molecule has 26 heavy (non-hydrogen) atoms. The number of cyclic esters (lactones) is 1. The highest BCUT2D eigenvalue weighted by atomic mass is 32.2. The van der Waals surface area contributed by atoms with Gasteiger partial charge in [0.2, 0.25) is 0 Å². The van der Waals surface area contributed by atoms with Crippen LogP contribution in [0.4, 0.5) is 0 Å². The van der Waals surface area contributed by atoms with Gasteiger partial charge in [-0.3, -0.25) is 9.69 Å². The van der Waals surface area contributed by atoms with E-state index in [1.165, 1.54) is 23.3 Å². The first-order chi connectivity index (χ1) is 12.6. The molecule has 3 saturated heterocycles. The van der Waals surface area contributed by atoms with E-state index in [9.17, 15) is 4.79 Å². The quantitative estimate of drug-likeness (QED) is 0.820. The number of carbonyl (C=O) groups is 1. The van der Waals surface area contributed by atoms with Gasteiger partial charge in [-0.15, -0.1) is 11.8 Å². The lowest BCUT2D eigenvalue weighted by Gasteiger charge is -2.33. The minimum Gasteiger partial charge on any atom is -0.461 e. The molecule has 0 amide bonds. The molecule has 3 heterocycles. The summed E-state index contributed by atoms with van der Waals surface area (Å²) in [4.78, 5) is 16.3. The number of nitrogens with zero attached hydrogens (tertiary/aromatic N) is 1. The number of carbonyl (C=O) groups excluding carboxylic acids is 1. The van der Waals surface area contributed by atoms with Crippen LogP contribution in [-0.4, -0.2) is 54.9 Å². The Morgan fingerprint density at radius 2 is 2.04 bits per heavy atom. The number of aryl methyl sites for hydroxylation is 1. The Bertz CT molecular complexity index is 637. The van der Waals surface area contributed by atoms with Crippen molar-refractivity contribution in [3.63, 3.8) is 0 Å². The van der Waals surface area contributed by atoms with Crippen molar-refractivity contribution < 1.29 is 9.53 Å². The zero-order chi connectivity index (χ0) is 18.0. The lowest BCUT2D eigenvalue weighted by Crippen LogP contribution is -2.41. The molecule has 0 radical (unpaired) electrons. The highest BCUT2D eigenvalue weighted by Crippen LogP contribution is 2.42. The third-order valence-electron chi connectivity index (χ3n) is 6.17. The summed E-state index contributed by atoms with van der Waals surface area (Å²) in [7, 11) is 0. The first-order valence-corrected chi connectivity index (χ1v) is 10.9. The van der Waals surface area contributed by atoms with Crippen LogP contribution in [0.3, 0.4) is 0 Å². The standard InChI is InChI=1S/C21H30N2O2S/c1-16-3-2-4-19(13-16)26-18-5-11-23(12-6-18)15-17-14-21(20(24)25-17)7-9-22-10-8-21/h2-4,13,17-18,22H,5-12,14-15H2,1H3. The number of thioether (sulfide) groups is 1. The number of hydrogen-bond donors (Lipinski definition) is 1. The third-order valence-corrected chi connectivity index (χ3v) is 7.51. The topological polar surface area (TPSA) is 41.6 Å². The Morgan fingerprint density at radius 3 is 2.77 bits per heavy atom. The van der Waals surface area contributed by atoms with Gasteiger partial charge < -0.3 is 10.1 Å². The van der Waals surface area contributed by atoms with Gasteiger partial charge >= 0.3 is 5.97 Å². The minimum atomic E-state index is -0.185. The van der Waals surface area contributed by atoms with Crippen molar-refractivity contribution in [2.75, 3.05) is 32.7 Å². The van der Waals surface area contributed by atoms with Crippen molar-refractivity contribution in [3.05, 3.63) is 29.8 Å². The largest absolute Gasteiger partial charge is 0.461 e. The molecule has 1 aromatic carbocycles. The molecule has 1 N–H and O–H groups in total. The van der Waals surface area contributed by atoms with Crippen LogP contribution < -0.4 is 5.32 Å². The summed E-state index contributed by atoms with van der Waals surface area (Å²) in [6.45, 7) is 7.21. The van der Waals surface area contributed by atoms with E-state index in [1.807, 2.05) is 11.8 Å². The van der Waals surface area contributed by atoms with Crippen LogP contribution in [0.15, 0.2) is 29.2 Å². The molecule has 142 valence electrons. The van der Waals surface area contributed by atoms with Gasteiger partial charge in [-0.25, -0.2) is 0 Å². The predicted molar refractivity (Wildman–Crippen MR) is 106 cm³/mol. The summed E-state index contributed by atoms with van der Waals surface area (Å²) in [5.41, 5.74) is 1.15. The second-order valence-electron chi connectivity index (χ2n) is 8.20. The highest BCUT2D eigenvalue weighted by Gasteiger charge is 2.49. The van der Waals surface area contributed by atoms with E-state index in [1.54, 1.807) is 0 Å². The smallest absolute Gasteiger partial charge is 0.312 e. The molecule has 0 aliphatic carbocycles. The number of hydrogen-bond acceptors (Lipinski definition) is 5. The fourth-order valence-electron chi connectivity index (χ4n) is 4.63. The van der Waals surface area contributed by atoms with E-state index in [4.69, 9.17) is 4.74 Å². The van der Waals surface area contributed by atoms with Crippen LogP contribution in [0.2, 0.25) is 0 Å². The van der Waals surface area contributed by atoms with Crippen molar-refractivity contribution in [3.8, 4) is 0 Å². The molecule has 5 heteroatoms. The molecular formula is C21H30N2O2S. The molecule has 0 saturated carbocycles. The van der Waals surface area contributed by atoms with Gasteiger partial charge in [0.1, 0.15) is 6.10 Å². The van der Waals surface area contributed by atoms with Gasteiger partial charge in [0.05, 0.1) is 5.41 Å². The average molecular weight is 375 g/mol. The summed E-state index contributed by atoms with van der Waals surface area (Å²) in [5, 5.41) is 4.06. The predicted octanol–water partition coefficient (Wildman–Crippen LogP) is 3.24. The Labute approximate surface area is 161 Å². The van der Waals surface area contributed by atoms with Crippen molar-refractivity contribution in [1.29, 1.82) is 0 Å². The second kappa shape index (κ2) is 7.91. The van der Waals surface area contributed by atoms with Gasteiger partial charge in [-0.05, 0) is 70.9 Å². The van der Waals surface area contributed by atoms with Gasteiger partial charge in [-0.1, -0.05) is 17.7 Å². The molecule has 4 nitrogen and oxygen atoms in total. The maximum absolute atomic E-state index is 12.4. The van der Waals surface area contributed by atoms with E-state index in [-0.39, 0.29) is 17.5 Å².